The number of halogens is 1. The molecule has 0 aliphatic carbocycles. The number of phenols is 1. The molecule has 0 aliphatic heterocycles. The number of rotatable bonds is 6. The quantitative estimate of drug-likeness (QED) is 0.438. The van der Waals surface area contributed by atoms with Crippen molar-refractivity contribution in [3.05, 3.63) is 70.7 Å². The molecule has 4 N–H and O–H groups in total. The second-order valence-corrected chi connectivity index (χ2v) is 6.23. The van der Waals surface area contributed by atoms with Crippen LogP contribution >= 0.6 is 11.6 Å². The van der Waals surface area contributed by atoms with Crippen LogP contribution in [-0.2, 0) is 4.79 Å². The number of benzene rings is 3. The van der Waals surface area contributed by atoms with Crippen LogP contribution in [-0.4, -0.2) is 29.7 Å². The number of nitrogens with one attached hydrogen (secondary N) is 1. The lowest BCUT2D eigenvalue weighted by Gasteiger charge is -2.09. The Hall–Kier alpha value is -3.58. The molecule has 0 atom stereocenters. The summed E-state index contributed by atoms with van der Waals surface area (Å²) in [6.07, 6.45) is 1.50. The maximum atomic E-state index is 12.1. The molecule has 0 bridgehead atoms. The molecular weight excluding hydrogens is 382 g/mol. The van der Waals surface area contributed by atoms with E-state index in [1.165, 1.54) is 24.4 Å². The second kappa shape index (κ2) is 8.41. The van der Waals surface area contributed by atoms with Crippen LogP contribution in [0.2, 0.25) is 5.02 Å². The van der Waals surface area contributed by atoms with Crippen molar-refractivity contribution in [1.29, 1.82) is 0 Å². The van der Waals surface area contributed by atoms with Crippen LogP contribution in [0.15, 0.2) is 59.7 Å². The van der Waals surface area contributed by atoms with Crippen molar-refractivity contribution in [2.75, 3.05) is 6.61 Å². The van der Waals surface area contributed by atoms with Gasteiger partial charge in [0.05, 0.1) is 11.2 Å². The predicted molar refractivity (Wildman–Crippen MR) is 107 cm³/mol. The van der Waals surface area contributed by atoms with Gasteiger partial charge in [0.1, 0.15) is 11.5 Å². The van der Waals surface area contributed by atoms with E-state index in [-0.39, 0.29) is 22.9 Å². The van der Waals surface area contributed by atoms with E-state index >= 15 is 0 Å². The summed E-state index contributed by atoms with van der Waals surface area (Å²) in [5, 5.41) is 15.1. The third kappa shape index (κ3) is 4.39. The maximum Gasteiger partial charge on any atom is 0.271 e. The number of fused-ring (bicyclic) bond motifs is 1. The number of phenolic OH excluding ortho intramolecular Hbond substituents is 1. The molecule has 28 heavy (non-hydrogen) atoms. The smallest absolute Gasteiger partial charge is 0.271 e. The fourth-order valence-corrected chi connectivity index (χ4v) is 2.74. The molecule has 0 aromatic heterocycles. The summed E-state index contributed by atoms with van der Waals surface area (Å²) in [4.78, 5) is 23.1. The largest absolute Gasteiger partial charge is 0.506 e. The Bertz CT molecular complexity index is 1080. The highest BCUT2D eigenvalue weighted by atomic mass is 35.5. The van der Waals surface area contributed by atoms with Crippen molar-refractivity contribution < 1.29 is 19.4 Å². The van der Waals surface area contributed by atoms with Crippen molar-refractivity contribution >= 4 is 40.4 Å². The van der Waals surface area contributed by atoms with Crippen molar-refractivity contribution in [2.24, 2.45) is 10.8 Å². The molecule has 0 spiro atoms. The molecule has 0 aliphatic rings. The van der Waals surface area contributed by atoms with Crippen LogP contribution in [0.3, 0.4) is 0 Å². The summed E-state index contributed by atoms with van der Waals surface area (Å²) in [6, 6.07) is 15.0. The summed E-state index contributed by atoms with van der Waals surface area (Å²) in [5.74, 6) is -0.614. The van der Waals surface area contributed by atoms with Crippen molar-refractivity contribution in [3.63, 3.8) is 0 Å². The first-order valence-electron chi connectivity index (χ1n) is 8.20. The zero-order valence-corrected chi connectivity index (χ0v) is 15.3. The molecule has 0 radical (unpaired) electrons. The van der Waals surface area contributed by atoms with Gasteiger partial charge in [0.25, 0.3) is 11.8 Å². The lowest BCUT2D eigenvalue weighted by Crippen LogP contribution is -2.20. The first kappa shape index (κ1) is 19.2. The van der Waals surface area contributed by atoms with Crippen LogP contribution in [0.25, 0.3) is 10.8 Å². The monoisotopic (exact) mass is 397 g/mol. The highest BCUT2D eigenvalue weighted by molar-refractivity contribution is 6.32. The standard InChI is InChI=1S/C20H16ClN3O4/c21-16-9-12(5-7-17(16)25)20(27)24-23-10-13-6-8-18(28-11-19(22)26)15-4-2-1-3-14(13)15/h1-10,25H,11H2,(H2,22,26)(H,24,27)/b23-10+. The lowest BCUT2D eigenvalue weighted by molar-refractivity contribution is -0.119. The van der Waals surface area contributed by atoms with E-state index in [1.807, 2.05) is 24.3 Å². The number of hydrogen-bond donors (Lipinski definition) is 3. The van der Waals surface area contributed by atoms with E-state index in [1.54, 1.807) is 12.1 Å². The van der Waals surface area contributed by atoms with E-state index in [0.717, 1.165) is 16.3 Å². The number of nitrogens with zero attached hydrogens (tertiary/aromatic N) is 1. The van der Waals surface area contributed by atoms with Gasteiger partial charge in [-0.15, -0.1) is 0 Å². The van der Waals surface area contributed by atoms with Crippen LogP contribution in [0.5, 0.6) is 11.5 Å². The number of primary amides is 1. The fourth-order valence-electron chi connectivity index (χ4n) is 2.56. The predicted octanol–water partition coefficient (Wildman–Crippen LogP) is 2.83. The molecule has 0 unspecified atom stereocenters. The number of amides is 2. The molecule has 2 amide bonds. The third-order valence-corrected chi connectivity index (χ3v) is 4.17. The van der Waals surface area contributed by atoms with E-state index < -0.39 is 11.8 Å². The van der Waals surface area contributed by atoms with E-state index in [0.29, 0.717) is 5.75 Å². The van der Waals surface area contributed by atoms with Crippen LogP contribution < -0.4 is 15.9 Å². The minimum Gasteiger partial charge on any atom is -0.506 e. The third-order valence-electron chi connectivity index (χ3n) is 3.87. The molecule has 8 heteroatoms. The van der Waals surface area contributed by atoms with Gasteiger partial charge in [0, 0.05) is 16.5 Å². The summed E-state index contributed by atoms with van der Waals surface area (Å²) < 4.78 is 5.44. The number of carbonyl (C=O) groups is 2. The first-order chi connectivity index (χ1) is 13.5. The first-order valence-corrected chi connectivity index (χ1v) is 8.58. The number of carbonyl (C=O) groups excluding carboxylic acids is 2. The average Bonchev–Trinajstić information content (AvgIpc) is 2.69. The Labute approximate surface area is 165 Å². The Morgan fingerprint density at radius 3 is 2.61 bits per heavy atom. The molecular formula is C20H16ClN3O4. The van der Waals surface area contributed by atoms with Crippen LogP contribution in [0.1, 0.15) is 15.9 Å². The highest BCUT2D eigenvalue weighted by Crippen LogP contribution is 2.28. The minimum atomic E-state index is -0.563. The summed E-state index contributed by atoms with van der Waals surface area (Å²) in [5.41, 5.74) is 8.54. The number of hydrazone groups is 1. The van der Waals surface area contributed by atoms with Gasteiger partial charge in [0.2, 0.25) is 0 Å². The van der Waals surface area contributed by atoms with Crippen molar-refractivity contribution in [1.82, 2.24) is 5.43 Å². The highest BCUT2D eigenvalue weighted by Gasteiger charge is 2.09. The van der Waals surface area contributed by atoms with Crippen molar-refractivity contribution in [2.45, 2.75) is 0 Å². The van der Waals surface area contributed by atoms with Crippen LogP contribution in [0.4, 0.5) is 0 Å². The maximum absolute atomic E-state index is 12.1. The SMILES string of the molecule is NC(=O)COc1ccc(/C=N/NC(=O)c2ccc(O)c(Cl)c2)c2ccccc12. The molecule has 7 nitrogen and oxygen atoms in total. The fraction of sp³-hybridized carbons (Fsp3) is 0.0500. The van der Waals surface area contributed by atoms with Gasteiger partial charge < -0.3 is 15.6 Å². The lowest BCUT2D eigenvalue weighted by atomic mass is 10.0. The Morgan fingerprint density at radius 2 is 1.89 bits per heavy atom. The molecule has 142 valence electrons. The molecule has 3 rings (SSSR count). The molecule has 0 fully saturated rings. The number of hydrogen-bond acceptors (Lipinski definition) is 5. The molecule has 0 saturated carbocycles. The summed E-state index contributed by atoms with van der Waals surface area (Å²) in [6.45, 7) is -0.220. The number of ether oxygens (including phenoxy) is 1. The van der Waals surface area contributed by atoms with Gasteiger partial charge in [-0.3, -0.25) is 9.59 Å². The molecule has 0 saturated heterocycles. The van der Waals surface area contributed by atoms with E-state index in [2.05, 4.69) is 10.5 Å². The Balaban J connectivity index is 1.80. The van der Waals surface area contributed by atoms with E-state index in [4.69, 9.17) is 22.1 Å². The molecule has 0 heterocycles. The zero-order chi connectivity index (χ0) is 20.1. The number of aromatic hydroxyl groups is 1. The van der Waals surface area contributed by atoms with Gasteiger partial charge in [-0.05, 0) is 35.7 Å². The van der Waals surface area contributed by atoms with Gasteiger partial charge in [0.15, 0.2) is 6.61 Å². The average molecular weight is 398 g/mol. The molecule has 3 aromatic rings. The normalized spacial score (nSPS) is 10.9. The number of nitrogens with two attached hydrogens (primary N) is 1. The Morgan fingerprint density at radius 1 is 1.14 bits per heavy atom. The van der Waals surface area contributed by atoms with Gasteiger partial charge in [-0.25, -0.2) is 5.43 Å². The Kier molecular flexibility index (Phi) is 5.76. The minimum absolute atomic E-state index is 0.0779. The van der Waals surface area contributed by atoms with Crippen LogP contribution in [0, 0.1) is 0 Å². The zero-order valence-electron chi connectivity index (χ0n) is 14.6. The van der Waals surface area contributed by atoms with Gasteiger partial charge in [-0.2, -0.15) is 5.10 Å². The second-order valence-electron chi connectivity index (χ2n) is 5.82. The van der Waals surface area contributed by atoms with Gasteiger partial charge >= 0.3 is 0 Å². The van der Waals surface area contributed by atoms with Crippen molar-refractivity contribution in [3.8, 4) is 11.5 Å². The van der Waals surface area contributed by atoms with E-state index in [9.17, 15) is 14.7 Å². The van der Waals surface area contributed by atoms with Gasteiger partial charge in [-0.1, -0.05) is 35.9 Å². The summed E-state index contributed by atoms with van der Waals surface area (Å²) in [7, 11) is 0. The topological polar surface area (TPSA) is 114 Å². The molecule has 3 aromatic carbocycles. The summed E-state index contributed by atoms with van der Waals surface area (Å²) >= 11 is 5.80.